The zero-order valence-corrected chi connectivity index (χ0v) is 19.7. The fraction of sp³-hybridized carbons (Fsp3) is 0.393. The molecule has 0 saturated carbocycles. The molecule has 1 saturated heterocycles. The number of carbonyl (C=O) groups is 2. The number of esters is 1. The predicted octanol–water partition coefficient (Wildman–Crippen LogP) is 3.86. The molecule has 3 aromatic rings. The number of pyridine rings is 1. The smallest absolute Gasteiger partial charge is 0.339 e. The molecular formula is C28H31N3O3. The van der Waals surface area contributed by atoms with Crippen molar-refractivity contribution in [2.45, 2.75) is 32.2 Å². The number of benzene rings is 2. The topological polar surface area (TPSA) is 62.7 Å². The van der Waals surface area contributed by atoms with E-state index in [9.17, 15) is 9.59 Å². The molecule has 0 aliphatic carbocycles. The van der Waals surface area contributed by atoms with E-state index in [-0.39, 0.29) is 12.5 Å². The molecule has 0 radical (unpaired) electrons. The number of fused-ring (bicyclic) bond motifs is 2. The molecular weight excluding hydrogens is 426 g/mol. The van der Waals surface area contributed by atoms with Gasteiger partial charge in [0, 0.05) is 49.2 Å². The second-order valence-corrected chi connectivity index (χ2v) is 9.51. The van der Waals surface area contributed by atoms with Crippen molar-refractivity contribution in [1.82, 2.24) is 14.8 Å². The van der Waals surface area contributed by atoms with Gasteiger partial charge in [-0.1, -0.05) is 48.5 Å². The van der Waals surface area contributed by atoms with Gasteiger partial charge in [0.25, 0.3) is 5.91 Å². The average molecular weight is 458 g/mol. The molecule has 1 fully saturated rings. The zero-order valence-electron chi connectivity index (χ0n) is 19.7. The predicted molar refractivity (Wildman–Crippen MR) is 132 cm³/mol. The Labute approximate surface area is 200 Å². The lowest BCUT2D eigenvalue weighted by atomic mass is 9.90. The number of amides is 1. The summed E-state index contributed by atoms with van der Waals surface area (Å²) in [6, 6.07) is 18.2. The van der Waals surface area contributed by atoms with E-state index < -0.39 is 5.97 Å². The van der Waals surface area contributed by atoms with E-state index in [1.54, 1.807) is 0 Å². The van der Waals surface area contributed by atoms with E-state index in [4.69, 9.17) is 9.72 Å². The highest BCUT2D eigenvalue weighted by Gasteiger charge is 2.27. The molecule has 0 bridgehead atoms. The summed E-state index contributed by atoms with van der Waals surface area (Å²) in [6.45, 7) is 2.77. The molecule has 1 amide bonds. The third-order valence-corrected chi connectivity index (χ3v) is 7.10. The van der Waals surface area contributed by atoms with Crippen molar-refractivity contribution in [2.75, 3.05) is 33.3 Å². The molecule has 2 aliphatic heterocycles. The molecule has 0 unspecified atom stereocenters. The summed E-state index contributed by atoms with van der Waals surface area (Å²) in [6.07, 6.45) is 3.80. The van der Waals surface area contributed by atoms with Gasteiger partial charge in [0.1, 0.15) is 0 Å². The van der Waals surface area contributed by atoms with Gasteiger partial charge in [-0.2, -0.15) is 0 Å². The van der Waals surface area contributed by atoms with Crippen molar-refractivity contribution >= 4 is 22.8 Å². The van der Waals surface area contributed by atoms with Crippen LogP contribution in [0, 0.1) is 5.92 Å². The minimum absolute atomic E-state index is 0.115. The zero-order chi connectivity index (χ0) is 23.5. The van der Waals surface area contributed by atoms with Gasteiger partial charge in [0.05, 0.1) is 11.1 Å². The highest BCUT2D eigenvalue weighted by Crippen LogP contribution is 2.28. The highest BCUT2D eigenvalue weighted by atomic mass is 16.5. The van der Waals surface area contributed by atoms with Crippen molar-refractivity contribution < 1.29 is 14.3 Å². The second kappa shape index (κ2) is 9.94. The summed E-state index contributed by atoms with van der Waals surface area (Å²) < 4.78 is 5.60. The van der Waals surface area contributed by atoms with Crippen LogP contribution in [0.3, 0.4) is 0 Å². The number of likely N-dealkylation sites (N-methyl/N-ethyl adjacent to an activating group) is 1. The molecule has 5 rings (SSSR count). The number of ether oxygens (including phenoxy) is 1. The van der Waals surface area contributed by atoms with Crippen molar-refractivity contribution in [3.63, 3.8) is 0 Å². The number of para-hydroxylation sites is 1. The Morgan fingerprint density at radius 1 is 1.00 bits per heavy atom. The van der Waals surface area contributed by atoms with Gasteiger partial charge in [-0.05, 0) is 43.9 Å². The minimum atomic E-state index is -0.433. The van der Waals surface area contributed by atoms with E-state index in [1.165, 1.54) is 5.56 Å². The maximum absolute atomic E-state index is 13.2. The van der Waals surface area contributed by atoms with E-state index in [2.05, 4.69) is 29.2 Å². The quantitative estimate of drug-likeness (QED) is 0.545. The molecule has 0 spiro atoms. The van der Waals surface area contributed by atoms with Gasteiger partial charge in [-0.3, -0.25) is 9.78 Å². The highest BCUT2D eigenvalue weighted by molar-refractivity contribution is 6.05. The van der Waals surface area contributed by atoms with Gasteiger partial charge in [-0.25, -0.2) is 4.79 Å². The Hall–Kier alpha value is -3.25. The van der Waals surface area contributed by atoms with Gasteiger partial charge in [-0.15, -0.1) is 0 Å². The van der Waals surface area contributed by atoms with Crippen LogP contribution in [-0.2, 0) is 28.9 Å². The fourth-order valence-electron chi connectivity index (χ4n) is 5.18. The van der Waals surface area contributed by atoms with Crippen LogP contribution in [-0.4, -0.2) is 59.9 Å². The lowest BCUT2D eigenvalue weighted by Crippen LogP contribution is -2.41. The summed E-state index contributed by atoms with van der Waals surface area (Å²) in [4.78, 5) is 34.9. The molecule has 1 aromatic heterocycles. The van der Waals surface area contributed by atoms with E-state index in [1.807, 2.05) is 42.3 Å². The number of aromatic nitrogens is 1. The van der Waals surface area contributed by atoms with E-state index >= 15 is 0 Å². The molecule has 34 heavy (non-hydrogen) atoms. The van der Waals surface area contributed by atoms with Crippen molar-refractivity contribution in [3.05, 3.63) is 77.0 Å². The molecule has 176 valence electrons. The number of carbonyl (C=O) groups excluding carboxylic acids is 2. The van der Waals surface area contributed by atoms with E-state index in [0.29, 0.717) is 31.1 Å². The van der Waals surface area contributed by atoms with Gasteiger partial charge in [0.2, 0.25) is 0 Å². The largest absolute Gasteiger partial charge is 0.452 e. The second-order valence-electron chi connectivity index (χ2n) is 9.51. The van der Waals surface area contributed by atoms with Crippen LogP contribution in [0.25, 0.3) is 10.9 Å². The van der Waals surface area contributed by atoms with Crippen molar-refractivity contribution in [3.8, 4) is 0 Å². The Kier molecular flexibility index (Phi) is 6.59. The van der Waals surface area contributed by atoms with Crippen LogP contribution in [0.2, 0.25) is 0 Å². The first kappa shape index (κ1) is 22.5. The third kappa shape index (κ3) is 4.82. The monoisotopic (exact) mass is 457 g/mol. The first-order chi connectivity index (χ1) is 16.6. The molecule has 0 N–H and O–H groups in total. The summed E-state index contributed by atoms with van der Waals surface area (Å²) in [5.41, 5.74) is 4.58. The third-order valence-electron chi connectivity index (χ3n) is 7.10. The first-order valence-corrected chi connectivity index (χ1v) is 12.2. The minimum Gasteiger partial charge on any atom is -0.452 e. The Balaban J connectivity index is 1.23. The van der Waals surface area contributed by atoms with Gasteiger partial charge in [0.15, 0.2) is 6.61 Å². The van der Waals surface area contributed by atoms with Crippen LogP contribution in [0.1, 0.15) is 40.0 Å². The molecule has 2 aromatic carbocycles. The molecule has 2 aliphatic rings. The molecule has 6 heteroatoms. The van der Waals surface area contributed by atoms with Crippen LogP contribution < -0.4 is 0 Å². The van der Waals surface area contributed by atoms with Crippen LogP contribution in [0.15, 0.2) is 54.6 Å². The Morgan fingerprint density at radius 3 is 2.53 bits per heavy atom. The average Bonchev–Trinajstić information content (AvgIpc) is 2.87. The number of rotatable bonds is 5. The number of nitrogens with zero attached hydrogens (tertiary/aromatic N) is 3. The van der Waals surface area contributed by atoms with Crippen molar-refractivity contribution in [1.29, 1.82) is 0 Å². The Morgan fingerprint density at radius 2 is 1.74 bits per heavy atom. The lowest BCUT2D eigenvalue weighted by molar-refractivity contribution is -0.135. The maximum atomic E-state index is 13.2. The Bertz CT molecular complexity index is 1190. The first-order valence-electron chi connectivity index (χ1n) is 12.2. The maximum Gasteiger partial charge on any atom is 0.339 e. The standard InChI is InChI=1S/C28H31N3O3/c1-30-14-13-25-23(18-30)27(22-9-5-6-10-24(22)29-25)28(33)34-19-26(32)31-15-11-21(12-16-31)17-20-7-3-2-4-8-20/h2-10,21H,11-19H2,1H3. The number of piperidine rings is 1. The summed E-state index contributed by atoms with van der Waals surface area (Å²) in [7, 11) is 2.04. The molecule has 0 atom stereocenters. The molecule has 3 heterocycles. The van der Waals surface area contributed by atoms with Gasteiger partial charge < -0.3 is 14.5 Å². The molecule has 6 nitrogen and oxygen atoms in total. The summed E-state index contributed by atoms with van der Waals surface area (Å²) in [5.74, 6) is 0.0361. The summed E-state index contributed by atoms with van der Waals surface area (Å²) in [5, 5.41) is 0.788. The van der Waals surface area contributed by atoms with Crippen LogP contribution in [0.5, 0.6) is 0 Å². The number of likely N-dealkylation sites (tertiary alicyclic amines) is 1. The van der Waals surface area contributed by atoms with Crippen molar-refractivity contribution in [2.24, 2.45) is 5.92 Å². The number of hydrogen-bond acceptors (Lipinski definition) is 5. The summed E-state index contributed by atoms with van der Waals surface area (Å²) >= 11 is 0. The van der Waals surface area contributed by atoms with Gasteiger partial charge >= 0.3 is 5.97 Å². The fourth-order valence-corrected chi connectivity index (χ4v) is 5.18. The lowest BCUT2D eigenvalue weighted by Gasteiger charge is -2.32. The van der Waals surface area contributed by atoms with Crippen LogP contribution >= 0.6 is 0 Å². The van der Waals surface area contributed by atoms with Crippen LogP contribution in [0.4, 0.5) is 0 Å². The van der Waals surface area contributed by atoms with E-state index in [0.717, 1.165) is 54.4 Å². The number of hydrogen-bond donors (Lipinski definition) is 0. The SMILES string of the molecule is CN1CCc2nc3ccccc3c(C(=O)OCC(=O)N3CCC(Cc4ccccc4)CC3)c2C1. The normalized spacial score (nSPS) is 16.9.